The van der Waals surface area contributed by atoms with Crippen molar-refractivity contribution in [1.29, 1.82) is 0 Å². The molecule has 1 aliphatic rings. The zero-order valence-corrected chi connectivity index (χ0v) is 13.8. The molecule has 7 heteroatoms. The molecule has 3 heterocycles. The highest BCUT2D eigenvalue weighted by Gasteiger charge is 2.28. The van der Waals surface area contributed by atoms with E-state index in [0.717, 1.165) is 12.2 Å². The Kier molecular flexibility index (Phi) is 4.63. The van der Waals surface area contributed by atoms with E-state index in [9.17, 15) is 8.42 Å². The Morgan fingerprint density at radius 1 is 1.24 bits per heavy atom. The summed E-state index contributed by atoms with van der Waals surface area (Å²) < 4.78 is 26.8. The zero-order valence-electron chi connectivity index (χ0n) is 11.4. The zero-order chi connectivity index (χ0) is 14.7. The lowest BCUT2D eigenvalue weighted by molar-refractivity contribution is 0.428. The molecular weight excluding hydrogens is 324 g/mol. The van der Waals surface area contributed by atoms with Gasteiger partial charge in [0.2, 0.25) is 10.0 Å². The van der Waals surface area contributed by atoms with Gasteiger partial charge in [0.05, 0.1) is 0 Å². The molecule has 1 aliphatic heterocycles. The van der Waals surface area contributed by atoms with Gasteiger partial charge >= 0.3 is 0 Å². The summed E-state index contributed by atoms with van der Waals surface area (Å²) >= 11 is 3.59. The van der Waals surface area contributed by atoms with Gasteiger partial charge in [-0.05, 0) is 30.0 Å². The van der Waals surface area contributed by atoms with Crippen LogP contribution in [0.5, 0.6) is 0 Å². The van der Waals surface area contributed by atoms with Crippen LogP contribution in [0, 0.1) is 0 Å². The van der Waals surface area contributed by atoms with Crippen molar-refractivity contribution in [3.05, 3.63) is 46.9 Å². The van der Waals surface area contributed by atoms with Gasteiger partial charge < -0.3 is 0 Å². The topological polar surface area (TPSA) is 50.3 Å². The third kappa shape index (κ3) is 3.31. The average molecular weight is 340 g/mol. The number of hydrogen-bond donors (Lipinski definition) is 0. The minimum atomic E-state index is -3.42. The van der Waals surface area contributed by atoms with E-state index in [1.54, 1.807) is 34.0 Å². The number of pyridine rings is 1. The minimum Gasteiger partial charge on any atom is -0.263 e. The Bertz CT molecular complexity index is 672. The molecule has 0 N–H and O–H groups in total. The lowest BCUT2D eigenvalue weighted by Gasteiger charge is -2.19. The number of hydrogen-bond acceptors (Lipinski definition) is 5. The van der Waals surface area contributed by atoms with Crippen LogP contribution in [0.2, 0.25) is 0 Å². The van der Waals surface area contributed by atoms with Gasteiger partial charge in [0.25, 0.3) is 0 Å². The second kappa shape index (κ2) is 6.48. The van der Waals surface area contributed by atoms with E-state index in [2.05, 4.69) is 22.5 Å². The Morgan fingerprint density at radius 3 is 2.86 bits per heavy atom. The van der Waals surface area contributed by atoms with E-state index in [1.165, 1.54) is 11.1 Å². The number of nitrogens with zero attached hydrogens (tertiary/aromatic N) is 2. The first kappa shape index (κ1) is 15.0. The normalized spacial score (nSPS) is 21.0. The molecule has 4 nitrogen and oxygen atoms in total. The monoisotopic (exact) mass is 340 g/mol. The van der Waals surface area contributed by atoms with Crippen molar-refractivity contribution in [3.63, 3.8) is 0 Å². The number of aromatic nitrogens is 1. The van der Waals surface area contributed by atoms with Crippen LogP contribution in [0.15, 0.2) is 46.9 Å². The molecule has 0 amide bonds. The maximum absolute atomic E-state index is 12.6. The highest BCUT2D eigenvalue weighted by atomic mass is 32.2. The summed E-state index contributed by atoms with van der Waals surface area (Å²) in [4.78, 5) is 5.53. The van der Waals surface area contributed by atoms with Crippen molar-refractivity contribution >= 4 is 33.1 Å². The molecule has 112 valence electrons. The molecule has 1 atom stereocenters. The third-order valence-electron chi connectivity index (χ3n) is 3.43. The fourth-order valence-corrected chi connectivity index (χ4v) is 6.11. The van der Waals surface area contributed by atoms with E-state index < -0.39 is 10.0 Å². The molecule has 1 saturated heterocycles. The van der Waals surface area contributed by atoms with E-state index in [4.69, 9.17) is 0 Å². The minimum absolute atomic E-state index is 0.282. The quantitative estimate of drug-likeness (QED) is 0.862. The lowest BCUT2D eigenvalue weighted by atomic mass is 10.2. The van der Waals surface area contributed by atoms with Gasteiger partial charge in [0.15, 0.2) is 0 Å². The summed E-state index contributed by atoms with van der Waals surface area (Å²) in [5.74, 6) is 0.821. The van der Waals surface area contributed by atoms with Gasteiger partial charge in [-0.3, -0.25) is 4.98 Å². The fourth-order valence-electron chi connectivity index (χ4n) is 2.34. The Labute approximate surface area is 133 Å². The molecule has 0 aliphatic carbocycles. The van der Waals surface area contributed by atoms with Crippen molar-refractivity contribution < 1.29 is 8.42 Å². The van der Waals surface area contributed by atoms with Crippen LogP contribution >= 0.6 is 23.1 Å². The molecule has 2 aromatic heterocycles. The number of thiophene rings is 1. The van der Waals surface area contributed by atoms with Crippen LogP contribution in [0.3, 0.4) is 0 Å². The van der Waals surface area contributed by atoms with Gasteiger partial charge in [0.1, 0.15) is 4.90 Å². The summed E-state index contributed by atoms with van der Waals surface area (Å²) in [5, 5.41) is 2.48. The summed E-state index contributed by atoms with van der Waals surface area (Å²) in [5.41, 5.74) is 0. The molecule has 0 bridgehead atoms. The first-order valence-corrected chi connectivity index (χ1v) is 10.1. The molecule has 1 fully saturated rings. The highest BCUT2D eigenvalue weighted by Crippen LogP contribution is 2.37. The summed E-state index contributed by atoms with van der Waals surface area (Å²) in [6.07, 6.45) is 3.86. The largest absolute Gasteiger partial charge is 0.263 e. The van der Waals surface area contributed by atoms with Gasteiger partial charge in [-0.1, -0.05) is 6.07 Å². The number of rotatable bonds is 3. The second-order valence-electron chi connectivity index (χ2n) is 4.76. The van der Waals surface area contributed by atoms with E-state index in [0.29, 0.717) is 18.3 Å². The van der Waals surface area contributed by atoms with Crippen molar-refractivity contribution in [2.24, 2.45) is 0 Å². The molecule has 21 heavy (non-hydrogen) atoms. The van der Waals surface area contributed by atoms with Crippen LogP contribution in [0.25, 0.3) is 0 Å². The van der Waals surface area contributed by atoms with Crippen molar-refractivity contribution in [2.45, 2.75) is 16.6 Å². The predicted octanol–water partition coefficient (Wildman–Crippen LogP) is 3.01. The summed E-state index contributed by atoms with van der Waals surface area (Å²) in [6.45, 7) is 1.12. The SMILES string of the molecule is O=S(=O)(c1cccnc1)N1CCS[C@@H](c2cccs2)CC1. The summed E-state index contributed by atoms with van der Waals surface area (Å²) in [6, 6.07) is 7.45. The van der Waals surface area contributed by atoms with Crippen LogP contribution in [0.1, 0.15) is 16.5 Å². The second-order valence-corrected chi connectivity index (χ2v) is 8.98. The van der Waals surface area contributed by atoms with E-state index >= 15 is 0 Å². The maximum atomic E-state index is 12.6. The van der Waals surface area contributed by atoms with Crippen LogP contribution < -0.4 is 0 Å². The molecular formula is C14H16N2O2S3. The van der Waals surface area contributed by atoms with E-state index in [1.807, 2.05) is 11.8 Å². The Hall–Kier alpha value is -0.890. The number of thioether (sulfide) groups is 1. The Balaban J connectivity index is 1.76. The van der Waals surface area contributed by atoms with Crippen molar-refractivity contribution in [3.8, 4) is 0 Å². The van der Waals surface area contributed by atoms with Crippen LogP contribution in [0.4, 0.5) is 0 Å². The molecule has 0 unspecified atom stereocenters. The summed E-state index contributed by atoms with van der Waals surface area (Å²) in [7, 11) is -3.42. The van der Waals surface area contributed by atoms with Crippen LogP contribution in [-0.4, -0.2) is 36.5 Å². The fraction of sp³-hybridized carbons (Fsp3) is 0.357. The average Bonchev–Trinajstić information content (AvgIpc) is 2.92. The van der Waals surface area contributed by atoms with E-state index in [-0.39, 0.29) is 4.90 Å². The molecule has 0 saturated carbocycles. The highest BCUT2D eigenvalue weighted by molar-refractivity contribution is 7.99. The van der Waals surface area contributed by atoms with Crippen molar-refractivity contribution in [2.75, 3.05) is 18.8 Å². The Morgan fingerprint density at radius 2 is 2.14 bits per heavy atom. The standard InChI is InChI=1S/C14H16N2O2S3/c17-21(18,12-3-1-6-15-11-12)16-7-5-14(20-10-8-16)13-4-2-9-19-13/h1-4,6,9,11,14H,5,7-8,10H2/t14-/m1/s1. The maximum Gasteiger partial charge on any atom is 0.244 e. The molecule has 2 aromatic rings. The first-order valence-electron chi connectivity index (χ1n) is 6.73. The molecule has 0 spiro atoms. The van der Waals surface area contributed by atoms with Gasteiger partial charge in [-0.2, -0.15) is 16.1 Å². The van der Waals surface area contributed by atoms with Crippen LogP contribution in [-0.2, 0) is 10.0 Å². The first-order chi connectivity index (χ1) is 10.2. The van der Waals surface area contributed by atoms with Gasteiger partial charge in [-0.25, -0.2) is 8.42 Å². The number of sulfonamides is 1. The molecule has 3 rings (SSSR count). The smallest absolute Gasteiger partial charge is 0.244 e. The third-order valence-corrected chi connectivity index (χ3v) is 7.76. The van der Waals surface area contributed by atoms with Gasteiger partial charge in [-0.15, -0.1) is 11.3 Å². The molecule has 0 radical (unpaired) electrons. The lowest BCUT2D eigenvalue weighted by Crippen LogP contribution is -2.33. The van der Waals surface area contributed by atoms with Crippen molar-refractivity contribution in [1.82, 2.24) is 9.29 Å². The van der Waals surface area contributed by atoms with Gasteiger partial charge in [0, 0.05) is 41.4 Å². The molecule has 0 aromatic carbocycles. The predicted molar refractivity (Wildman–Crippen MR) is 87.1 cm³/mol.